The van der Waals surface area contributed by atoms with E-state index in [1.165, 1.54) is 16.3 Å². The van der Waals surface area contributed by atoms with Gasteiger partial charge in [0.25, 0.3) is 5.56 Å². The number of hydrogen-bond donors (Lipinski definition) is 1. The first-order valence-electron chi connectivity index (χ1n) is 8.68. The molecule has 9 heteroatoms. The molecule has 29 heavy (non-hydrogen) atoms. The average Bonchev–Trinajstić information content (AvgIpc) is 3.17. The van der Waals surface area contributed by atoms with E-state index in [-0.39, 0.29) is 30.6 Å². The van der Waals surface area contributed by atoms with E-state index in [0.29, 0.717) is 38.3 Å². The van der Waals surface area contributed by atoms with Crippen molar-refractivity contribution in [3.8, 4) is 11.5 Å². The van der Waals surface area contributed by atoms with Gasteiger partial charge in [0.2, 0.25) is 12.7 Å². The molecule has 2 heterocycles. The van der Waals surface area contributed by atoms with Gasteiger partial charge in [-0.25, -0.2) is 4.98 Å². The number of halogens is 1. The summed E-state index contributed by atoms with van der Waals surface area (Å²) >= 11 is 7.18. The fourth-order valence-corrected chi connectivity index (χ4v) is 3.86. The van der Waals surface area contributed by atoms with Crippen molar-refractivity contribution in [1.82, 2.24) is 9.55 Å². The van der Waals surface area contributed by atoms with Crippen LogP contribution in [0.2, 0.25) is 5.02 Å². The van der Waals surface area contributed by atoms with Crippen molar-refractivity contribution in [2.75, 3.05) is 17.9 Å². The number of benzene rings is 2. The van der Waals surface area contributed by atoms with Gasteiger partial charge in [0.05, 0.1) is 16.7 Å². The zero-order valence-electron chi connectivity index (χ0n) is 15.2. The van der Waals surface area contributed by atoms with Gasteiger partial charge < -0.3 is 14.8 Å². The standard InChI is InChI=1S/C20H16ClN3O4S/c1-2-7-24-19(26)14-8-12(21)3-5-15(14)23-20(24)29-10-18(25)22-13-4-6-16-17(9-13)28-11-27-16/h2-6,8-9H,1,7,10-11H2,(H,22,25). The third kappa shape index (κ3) is 4.08. The molecule has 1 aliphatic heterocycles. The molecular formula is C20H16ClN3O4S. The number of nitrogens with one attached hydrogen (secondary N) is 1. The topological polar surface area (TPSA) is 82.5 Å². The molecule has 4 rings (SSSR count). The van der Waals surface area contributed by atoms with Crippen LogP contribution in [0.15, 0.2) is 59.0 Å². The summed E-state index contributed by atoms with van der Waals surface area (Å²) in [6.07, 6.45) is 1.61. The Hall–Kier alpha value is -2.97. The fraction of sp³-hybridized carbons (Fsp3) is 0.150. The molecule has 7 nitrogen and oxygen atoms in total. The van der Waals surface area contributed by atoms with Gasteiger partial charge in [0, 0.05) is 23.3 Å². The highest BCUT2D eigenvalue weighted by molar-refractivity contribution is 7.99. The largest absolute Gasteiger partial charge is 0.454 e. The molecule has 148 valence electrons. The van der Waals surface area contributed by atoms with Gasteiger partial charge in [-0.05, 0) is 30.3 Å². The van der Waals surface area contributed by atoms with Gasteiger partial charge in [0.1, 0.15) is 0 Å². The van der Waals surface area contributed by atoms with Gasteiger partial charge in [0.15, 0.2) is 16.7 Å². The molecule has 0 unspecified atom stereocenters. The third-order valence-corrected chi connectivity index (χ3v) is 5.39. The minimum absolute atomic E-state index is 0.0805. The van der Waals surface area contributed by atoms with Crippen LogP contribution in [-0.4, -0.2) is 28.0 Å². The van der Waals surface area contributed by atoms with E-state index in [1.807, 2.05) is 0 Å². The van der Waals surface area contributed by atoms with Crippen molar-refractivity contribution in [3.05, 3.63) is 64.4 Å². The van der Waals surface area contributed by atoms with E-state index in [0.717, 1.165) is 0 Å². The van der Waals surface area contributed by atoms with Gasteiger partial charge in [-0.2, -0.15) is 0 Å². The number of nitrogens with zero attached hydrogens (tertiary/aromatic N) is 2. The molecule has 1 N–H and O–H groups in total. The summed E-state index contributed by atoms with van der Waals surface area (Å²) in [7, 11) is 0. The lowest BCUT2D eigenvalue weighted by molar-refractivity contribution is -0.113. The number of allylic oxidation sites excluding steroid dienone is 1. The van der Waals surface area contributed by atoms with Crippen LogP contribution in [0.1, 0.15) is 0 Å². The fourth-order valence-electron chi connectivity index (χ4n) is 2.87. The highest BCUT2D eigenvalue weighted by Gasteiger charge is 2.16. The summed E-state index contributed by atoms with van der Waals surface area (Å²) in [5.41, 5.74) is 0.902. The Kier molecular flexibility index (Phi) is 5.46. The van der Waals surface area contributed by atoms with Crippen LogP contribution in [0.25, 0.3) is 10.9 Å². The summed E-state index contributed by atoms with van der Waals surface area (Å²) in [4.78, 5) is 29.7. The van der Waals surface area contributed by atoms with E-state index in [4.69, 9.17) is 21.1 Å². The second-order valence-electron chi connectivity index (χ2n) is 6.17. The van der Waals surface area contributed by atoms with Crippen LogP contribution in [0.3, 0.4) is 0 Å². The molecule has 0 fully saturated rings. The van der Waals surface area contributed by atoms with E-state index < -0.39 is 0 Å². The SMILES string of the molecule is C=CCn1c(SCC(=O)Nc2ccc3c(c2)OCO3)nc2ccc(Cl)cc2c1=O. The Morgan fingerprint density at radius 3 is 2.93 bits per heavy atom. The van der Waals surface area contributed by atoms with E-state index in [1.54, 1.807) is 42.5 Å². The van der Waals surface area contributed by atoms with Crippen molar-refractivity contribution in [3.63, 3.8) is 0 Å². The second-order valence-corrected chi connectivity index (χ2v) is 7.54. The van der Waals surface area contributed by atoms with Crippen LogP contribution in [-0.2, 0) is 11.3 Å². The molecule has 0 saturated carbocycles. The number of rotatable bonds is 6. The zero-order chi connectivity index (χ0) is 20.4. The van der Waals surface area contributed by atoms with Gasteiger partial charge in [-0.3, -0.25) is 14.2 Å². The lowest BCUT2D eigenvalue weighted by Gasteiger charge is -2.12. The molecule has 3 aromatic rings. The smallest absolute Gasteiger partial charge is 0.262 e. The Balaban J connectivity index is 1.53. The molecule has 1 aromatic heterocycles. The maximum atomic E-state index is 12.8. The second kappa shape index (κ2) is 8.18. The van der Waals surface area contributed by atoms with Gasteiger partial charge in [-0.1, -0.05) is 29.4 Å². The first-order chi connectivity index (χ1) is 14.0. The highest BCUT2D eigenvalue weighted by Crippen LogP contribution is 2.34. The summed E-state index contributed by atoms with van der Waals surface area (Å²) < 4.78 is 12.0. The first kappa shape index (κ1) is 19.4. The lowest BCUT2D eigenvalue weighted by atomic mass is 10.2. The molecule has 0 bridgehead atoms. The predicted octanol–water partition coefficient (Wildman–Crippen LogP) is 3.70. The van der Waals surface area contributed by atoms with Crippen molar-refractivity contribution in [1.29, 1.82) is 0 Å². The number of hydrogen-bond acceptors (Lipinski definition) is 6. The molecule has 0 aliphatic carbocycles. The van der Waals surface area contributed by atoms with Gasteiger partial charge in [-0.15, -0.1) is 6.58 Å². The summed E-state index contributed by atoms with van der Waals surface area (Å²) in [5.74, 6) is 1.08. The number of aromatic nitrogens is 2. The quantitative estimate of drug-likeness (QED) is 0.365. The minimum Gasteiger partial charge on any atom is -0.454 e. The Morgan fingerprint density at radius 2 is 2.10 bits per heavy atom. The molecule has 0 atom stereocenters. The van der Waals surface area contributed by atoms with Crippen molar-refractivity contribution in [2.45, 2.75) is 11.7 Å². The third-order valence-electron chi connectivity index (χ3n) is 4.18. The Bertz CT molecular complexity index is 1180. The number of thioether (sulfide) groups is 1. The monoisotopic (exact) mass is 429 g/mol. The van der Waals surface area contributed by atoms with Crippen molar-refractivity contribution < 1.29 is 14.3 Å². The summed E-state index contributed by atoms with van der Waals surface area (Å²) in [5, 5.41) is 4.13. The van der Waals surface area contributed by atoms with Crippen molar-refractivity contribution >= 4 is 45.9 Å². The molecular weight excluding hydrogens is 414 g/mol. The van der Waals surface area contributed by atoms with E-state index in [9.17, 15) is 9.59 Å². The minimum atomic E-state index is -0.232. The highest BCUT2D eigenvalue weighted by atomic mass is 35.5. The van der Waals surface area contributed by atoms with E-state index >= 15 is 0 Å². The zero-order valence-corrected chi connectivity index (χ0v) is 16.8. The molecule has 0 saturated heterocycles. The van der Waals surface area contributed by atoms with Crippen molar-refractivity contribution in [2.24, 2.45) is 0 Å². The average molecular weight is 430 g/mol. The molecule has 2 aromatic carbocycles. The lowest BCUT2D eigenvalue weighted by Crippen LogP contribution is -2.23. The van der Waals surface area contributed by atoms with Crippen LogP contribution >= 0.6 is 23.4 Å². The molecule has 1 aliphatic rings. The maximum Gasteiger partial charge on any atom is 0.262 e. The number of carbonyl (C=O) groups is 1. The Labute approximate surface area is 175 Å². The molecule has 0 radical (unpaired) electrons. The van der Waals surface area contributed by atoms with Crippen LogP contribution in [0.4, 0.5) is 5.69 Å². The van der Waals surface area contributed by atoms with Crippen LogP contribution < -0.4 is 20.3 Å². The number of anilines is 1. The van der Waals surface area contributed by atoms with E-state index in [2.05, 4.69) is 16.9 Å². The van der Waals surface area contributed by atoms with Crippen LogP contribution in [0, 0.1) is 0 Å². The number of ether oxygens (including phenoxy) is 2. The Morgan fingerprint density at radius 1 is 1.28 bits per heavy atom. The normalized spacial score (nSPS) is 12.2. The maximum absolute atomic E-state index is 12.8. The van der Waals surface area contributed by atoms with Crippen LogP contribution in [0.5, 0.6) is 11.5 Å². The number of amides is 1. The number of carbonyl (C=O) groups excluding carboxylic acids is 1. The number of fused-ring (bicyclic) bond motifs is 2. The molecule has 1 amide bonds. The molecule has 0 spiro atoms. The van der Waals surface area contributed by atoms with Gasteiger partial charge >= 0.3 is 0 Å². The predicted molar refractivity (Wildman–Crippen MR) is 113 cm³/mol. The first-order valence-corrected chi connectivity index (χ1v) is 10.0. The summed E-state index contributed by atoms with van der Waals surface area (Å²) in [6.45, 7) is 4.14. The summed E-state index contributed by atoms with van der Waals surface area (Å²) in [6, 6.07) is 10.1.